The first-order chi connectivity index (χ1) is 20.0. The number of amides is 1. The van der Waals surface area contributed by atoms with Crippen molar-refractivity contribution >= 4 is 34.9 Å². The van der Waals surface area contributed by atoms with Gasteiger partial charge < -0.3 is 15.0 Å². The van der Waals surface area contributed by atoms with E-state index in [1.54, 1.807) is 7.11 Å². The monoisotopic (exact) mass is 562 g/mol. The fraction of sp³-hybridized carbons (Fsp3) is 0.361. The molecule has 0 unspecified atom stereocenters. The number of nitrogens with zero attached hydrogens (tertiary/aromatic N) is 1. The number of benzene rings is 3. The van der Waals surface area contributed by atoms with Gasteiger partial charge in [0.25, 0.3) is 0 Å². The summed E-state index contributed by atoms with van der Waals surface area (Å²) in [6, 6.07) is 19.6. The number of ketones is 2. The molecule has 0 aromatic heterocycles. The first-order valence-corrected chi connectivity index (χ1v) is 14.7. The van der Waals surface area contributed by atoms with Crippen LogP contribution in [0, 0.1) is 17.3 Å². The predicted octanol–water partition coefficient (Wildman–Crippen LogP) is 6.48. The van der Waals surface area contributed by atoms with E-state index in [-0.39, 0.29) is 17.5 Å². The topological polar surface area (TPSA) is 75.7 Å². The molecule has 1 amide bonds. The average Bonchev–Trinajstić information content (AvgIpc) is 3.43. The van der Waals surface area contributed by atoms with Gasteiger partial charge in [0.05, 0.1) is 19.1 Å². The zero-order valence-corrected chi connectivity index (χ0v) is 25.1. The van der Waals surface area contributed by atoms with Gasteiger partial charge in [0.15, 0.2) is 11.6 Å². The normalized spacial score (nSPS) is 23.9. The fourth-order valence-electron chi connectivity index (χ4n) is 7.18. The lowest BCUT2D eigenvalue weighted by atomic mass is 9.63. The molecule has 3 aliphatic heterocycles. The van der Waals surface area contributed by atoms with E-state index in [0.717, 1.165) is 28.8 Å². The summed E-state index contributed by atoms with van der Waals surface area (Å²) in [6.07, 6.45) is 4.89. The minimum atomic E-state index is -1.30. The highest BCUT2D eigenvalue weighted by molar-refractivity contribution is 6.17. The third-order valence-electron chi connectivity index (χ3n) is 9.01. The molecule has 6 heteroatoms. The minimum Gasteiger partial charge on any atom is -0.497 e. The van der Waals surface area contributed by atoms with Gasteiger partial charge in [-0.2, -0.15) is 0 Å². The predicted molar refractivity (Wildman–Crippen MR) is 166 cm³/mol. The Hall–Kier alpha value is -4.19. The average molecular weight is 563 g/mol. The molecule has 3 aromatic rings. The van der Waals surface area contributed by atoms with Crippen LogP contribution in [0.3, 0.4) is 0 Å². The Balaban J connectivity index is 1.61. The first kappa shape index (κ1) is 28.0. The van der Waals surface area contributed by atoms with E-state index in [0.29, 0.717) is 22.9 Å². The number of nitrogens with one attached hydrogen (secondary N) is 1. The molecule has 0 saturated carbocycles. The number of Topliss-reactive ketones (excluding diaryl/α,β-unsaturated/α-hetero) is 2. The second kappa shape index (κ2) is 9.97. The Morgan fingerprint density at radius 3 is 2.40 bits per heavy atom. The van der Waals surface area contributed by atoms with Crippen molar-refractivity contribution < 1.29 is 19.1 Å². The van der Waals surface area contributed by atoms with Crippen molar-refractivity contribution in [1.82, 2.24) is 0 Å². The summed E-state index contributed by atoms with van der Waals surface area (Å²) in [5.74, 6) is -0.293. The van der Waals surface area contributed by atoms with Gasteiger partial charge in [0.1, 0.15) is 17.2 Å². The zero-order valence-electron chi connectivity index (χ0n) is 25.1. The SMILES string of the molecule is COc1ccc2c(c1)C=C[C@H]1N2[C@H](C(=O)C(C)(C)C)[C@H](C(=O)c2ccc(CC(C)C)cc2)[C@@]12C(=O)Nc1ccccc12. The molecule has 6 nitrogen and oxygen atoms in total. The van der Waals surface area contributed by atoms with E-state index in [1.807, 2.05) is 105 Å². The second-order valence-electron chi connectivity index (χ2n) is 13.2. The molecular weight excluding hydrogens is 524 g/mol. The number of hydrogen-bond donors (Lipinski definition) is 1. The van der Waals surface area contributed by atoms with Gasteiger partial charge in [-0.25, -0.2) is 0 Å². The van der Waals surface area contributed by atoms with Crippen LogP contribution in [0.1, 0.15) is 61.7 Å². The number of hydrogen-bond acceptors (Lipinski definition) is 5. The number of rotatable bonds is 6. The third-order valence-corrected chi connectivity index (χ3v) is 9.01. The molecule has 0 bridgehead atoms. The number of fused-ring (bicyclic) bond motifs is 6. The van der Waals surface area contributed by atoms with E-state index in [4.69, 9.17) is 4.74 Å². The molecule has 216 valence electrons. The van der Waals surface area contributed by atoms with E-state index >= 15 is 0 Å². The molecule has 3 aliphatic rings. The number of anilines is 2. The maximum Gasteiger partial charge on any atom is 0.238 e. The van der Waals surface area contributed by atoms with Gasteiger partial charge in [-0.05, 0) is 47.7 Å². The molecule has 42 heavy (non-hydrogen) atoms. The van der Waals surface area contributed by atoms with E-state index in [2.05, 4.69) is 19.2 Å². The van der Waals surface area contributed by atoms with Crippen LogP contribution in [0.4, 0.5) is 11.4 Å². The van der Waals surface area contributed by atoms with E-state index in [9.17, 15) is 14.4 Å². The molecule has 4 atom stereocenters. The summed E-state index contributed by atoms with van der Waals surface area (Å²) in [6.45, 7) is 9.98. The molecule has 0 radical (unpaired) electrons. The molecule has 1 spiro atoms. The molecule has 1 fully saturated rings. The summed E-state index contributed by atoms with van der Waals surface area (Å²) in [4.78, 5) is 45.9. The lowest BCUT2D eigenvalue weighted by Crippen LogP contribution is -2.51. The summed E-state index contributed by atoms with van der Waals surface area (Å²) >= 11 is 0. The third kappa shape index (κ3) is 4.11. The smallest absolute Gasteiger partial charge is 0.238 e. The van der Waals surface area contributed by atoms with Crippen LogP contribution in [0.2, 0.25) is 0 Å². The lowest BCUT2D eigenvalue weighted by molar-refractivity contribution is -0.128. The van der Waals surface area contributed by atoms with Gasteiger partial charge in [-0.15, -0.1) is 0 Å². The molecule has 0 aliphatic carbocycles. The minimum absolute atomic E-state index is 0.0756. The van der Waals surface area contributed by atoms with Crippen LogP contribution < -0.4 is 15.0 Å². The van der Waals surface area contributed by atoms with Crippen molar-refractivity contribution in [3.05, 3.63) is 95.1 Å². The number of carbonyl (C=O) groups excluding carboxylic acids is 3. The largest absolute Gasteiger partial charge is 0.497 e. The molecule has 1 saturated heterocycles. The highest BCUT2D eigenvalue weighted by atomic mass is 16.5. The molecule has 6 rings (SSSR count). The van der Waals surface area contributed by atoms with Crippen LogP contribution in [0.15, 0.2) is 72.8 Å². The van der Waals surface area contributed by atoms with E-state index < -0.39 is 28.8 Å². The van der Waals surface area contributed by atoms with Crippen molar-refractivity contribution in [3.8, 4) is 5.75 Å². The van der Waals surface area contributed by atoms with Gasteiger partial charge >= 0.3 is 0 Å². The van der Waals surface area contributed by atoms with Crippen molar-refractivity contribution in [3.63, 3.8) is 0 Å². The Bertz CT molecular complexity index is 1610. The van der Waals surface area contributed by atoms with Gasteiger partial charge in [-0.1, -0.05) is 89.2 Å². The lowest BCUT2D eigenvalue weighted by Gasteiger charge is -2.38. The summed E-state index contributed by atoms with van der Waals surface area (Å²) in [7, 11) is 1.62. The number of para-hydroxylation sites is 1. The van der Waals surface area contributed by atoms with Gasteiger partial charge in [0.2, 0.25) is 5.91 Å². The standard InChI is InChI=1S/C36H38N2O4/c1-21(2)19-22-11-13-23(14-12-22)32(39)30-31(33(40)35(3,4)5)38-28-17-16-25(42-6)20-24(28)15-18-29(38)36(30)26-9-7-8-10-27(26)37-34(36)41/h7-18,20-21,29-31H,19H2,1-6H3,(H,37,41)/t29-,30-,31+,36+/m1/s1. The maximum atomic E-state index is 14.9. The Morgan fingerprint density at radius 2 is 1.74 bits per heavy atom. The number of ether oxygens (including phenoxy) is 1. The van der Waals surface area contributed by atoms with Crippen LogP contribution in [-0.4, -0.2) is 36.7 Å². The highest BCUT2D eigenvalue weighted by Gasteiger charge is 2.70. The van der Waals surface area contributed by atoms with Crippen LogP contribution >= 0.6 is 0 Å². The van der Waals surface area contributed by atoms with Crippen LogP contribution in [-0.2, 0) is 21.4 Å². The number of carbonyl (C=O) groups is 3. The quantitative estimate of drug-likeness (QED) is 0.348. The zero-order chi connectivity index (χ0) is 30.0. The van der Waals surface area contributed by atoms with Crippen molar-refractivity contribution in [2.45, 2.75) is 58.5 Å². The van der Waals surface area contributed by atoms with Crippen molar-refractivity contribution in [2.24, 2.45) is 17.3 Å². The van der Waals surface area contributed by atoms with Crippen LogP contribution in [0.5, 0.6) is 5.75 Å². The highest BCUT2D eigenvalue weighted by Crippen LogP contribution is 2.58. The Kier molecular flexibility index (Phi) is 6.64. The molecular formula is C36H38N2O4. The molecule has 3 aromatic carbocycles. The summed E-state index contributed by atoms with van der Waals surface area (Å²) < 4.78 is 5.49. The fourth-order valence-corrected chi connectivity index (χ4v) is 7.18. The number of methoxy groups -OCH3 is 1. The first-order valence-electron chi connectivity index (χ1n) is 14.7. The van der Waals surface area contributed by atoms with Crippen molar-refractivity contribution in [1.29, 1.82) is 0 Å². The van der Waals surface area contributed by atoms with E-state index in [1.165, 1.54) is 0 Å². The Labute approximate surface area is 247 Å². The van der Waals surface area contributed by atoms with Crippen molar-refractivity contribution in [2.75, 3.05) is 17.3 Å². The maximum absolute atomic E-state index is 14.9. The summed E-state index contributed by atoms with van der Waals surface area (Å²) in [5.41, 5.74) is 2.73. The Morgan fingerprint density at radius 1 is 1.02 bits per heavy atom. The van der Waals surface area contributed by atoms with Gasteiger partial charge in [0, 0.05) is 27.9 Å². The van der Waals surface area contributed by atoms with Crippen LogP contribution in [0.25, 0.3) is 6.08 Å². The summed E-state index contributed by atoms with van der Waals surface area (Å²) in [5, 5.41) is 3.09. The molecule has 3 heterocycles. The van der Waals surface area contributed by atoms with Gasteiger partial charge in [-0.3, -0.25) is 14.4 Å². The second-order valence-corrected chi connectivity index (χ2v) is 13.2. The molecule has 1 N–H and O–H groups in total.